The van der Waals surface area contributed by atoms with Crippen LogP contribution < -0.4 is 0 Å². The summed E-state index contributed by atoms with van der Waals surface area (Å²) >= 11 is 3.57. The van der Waals surface area contributed by atoms with E-state index >= 15 is 0 Å². The van der Waals surface area contributed by atoms with Gasteiger partial charge in [0.2, 0.25) is 11.8 Å². The molecule has 2 aliphatic rings. The SMILES string of the molecule is CCN1CC(=O)N(CC2(CBr)CCOCC2)CC1=O. The number of carbonyl (C=O) groups is 2. The maximum Gasteiger partial charge on any atom is 0.242 e. The Labute approximate surface area is 122 Å². The van der Waals surface area contributed by atoms with Crippen molar-refractivity contribution in [3.8, 4) is 0 Å². The van der Waals surface area contributed by atoms with Gasteiger partial charge in [0.25, 0.3) is 0 Å². The highest BCUT2D eigenvalue weighted by Crippen LogP contribution is 2.33. The minimum absolute atomic E-state index is 0.0545. The van der Waals surface area contributed by atoms with Crippen molar-refractivity contribution in [2.75, 3.05) is 44.7 Å². The Kier molecular flexibility index (Phi) is 4.84. The quantitative estimate of drug-likeness (QED) is 0.718. The number of hydrogen-bond donors (Lipinski definition) is 0. The number of amides is 2. The lowest BCUT2D eigenvalue weighted by molar-refractivity contribution is -0.151. The molecule has 0 aliphatic carbocycles. The summed E-state index contributed by atoms with van der Waals surface area (Å²) in [5.74, 6) is 0.118. The highest BCUT2D eigenvalue weighted by Gasteiger charge is 2.38. The Bertz CT molecular complexity index is 356. The molecule has 0 spiro atoms. The lowest BCUT2D eigenvalue weighted by Crippen LogP contribution is -2.56. The van der Waals surface area contributed by atoms with Crippen molar-refractivity contribution in [3.63, 3.8) is 0 Å². The van der Waals surface area contributed by atoms with E-state index in [0.29, 0.717) is 13.1 Å². The molecule has 0 bridgehead atoms. The van der Waals surface area contributed by atoms with Gasteiger partial charge in [-0.25, -0.2) is 0 Å². The molecule has 108 valence electrons. The summed E-state index contributed by atoms with van der Waals surface area (Å²) in [6.45, 7) is 5.09. The molecule has 0 aromatic rings. The van der Waals surface area contributed by atoms with E-state index in [1.807, 2.05) is 6.92 Å². The molecule has 2 amide bonds. The Balaban J connectivity index is 2.01. The minimum Gasteiger partial charge on any atom is -0.381 e. The molecule has 2 heterocycles. The molecule has 0 aromatic heterocycles. The Morgan fingerprint density at radius 2 is 1.74 bits per heavy atom. The standard InChI is InChI=1S/C13H21BrN2O3/c1-2-15-7-12(18)16(8-11(15)17)10-13(9-14)3-5-19-6-4-13/h2-10H2,1H3. The second kappa shape index (κ2) is 6.22. The Morgan fingerprint density at radius 3 is 2.32 bits per heavy atom. The van der Waals surface area contributed by atoms with Gasteiger partial charge >= 0.3 is 0 Å². The summed E-state index contributed by atoms with van der Waals surface area (Å²) in [6.07, 6.45) is 1.88. The third-order valence-corrected chi connectivity index (χ3v) is 5.29. The van der Waals surface area contributed by atoms with E-state index < -0.39 is 0 Å². The molecule has 2 saturated heterocycles. The molecule has 2 rings (SSSR count). The van der Waals surface area contributed by atoms with Gasteiger partial charge in [-0.05, 0) is 19.8 Å². The van der Waals surface area contributed by atoms with Crippen LogP contribution in [-0.4, -0.2) is 66.3 Å². The van der Waals surface area contributed by atoms with Crippen LogP contribution in [-0.2, 0) is 14.3 Å². The lowest BCUT2D eigenvalue weighted by Gasteiger charge is -2.42. The van der Waals surface area contributed by atoms with Crippen LogP contribution in [0.1, 0.15) is 19.8 Å². The predicted molar refractivity (Wildman–Crippen MR) is 75.1 cm³/mol. The first-order chi connectivity index (χ1) is 9.10. The number of ether oxygens (including phenoxy) is 1. The summed E-state index contributed by atoms with van der Waals surface area (Å²) in [4.78, 5) is 27.4. The van der Waals surface area contributed by atoms with Crippen LogP contribution >= 0.6 is 15.9 Å². The average Bonchev–Trinajstić information content (AvgIpc) is 2.43. The van der Waals surface area contributed by atoms with Gasteiger partial charge in [0, 0.05) is 37.0 Å². The molecule has 2 aliphatic heterocycles. The average molecular weight is 333 g/mol. The number of piperazine rings is 1. The van der Waals surface area contributed by atoms with E-state index in [9.17, 15) is 9.59 Å². The Hall–Kier alpha value is -0.620. The first kappa shape index (κ1) is 14.8. The van der Waals surface area contributed by atoms with Gasteiger partial charge in [0.1, 0.15) is 0 Å². The first-order valence-electron chi connectivity index (χ1n) is 6.79. The molecule has 0 aromatic carbocycles. The second-order valence-corrected chi connectivity index (χ2v) is 5.96. The van der Waals surface area contributed by atoms with Crippen molar-refractivity contribution in [2.45, 2.75) is 19.8 Å². The van der Waals surface area contributed by atoms with E-state index in [-0.39, 0.29) is 30.3 Å². The maximum atomic E-state index is 12.1. The normalized spacial score (nSPS) is 23.9. The van der Waals surface area contributed by atoms with Crippen LogP contribution in [0, 0.1) is 5.41 Å². The molecule has 5 nitrogen and oxygen atoms in total. The highest BCUT2D eigenvalue weighted by molar-refractivity contribution is 9.09. The number of halogens is 1. The molecule has 0 radical (unpaired) electrons. The third-order valence-electron chi connectivity index (χ3n) is 4.10. The van der Waals surface area contributed by atoms with Crippen molar-refractivity contribution in [3.05, 3.63) is 0 Å². The summed E-state index contributed by atoms with van der Waals surface area (Å²) in [5, 5.41) is 0.846. The maximum absolute atomic E-state index is 12.1. The van der Waals surface area contributed by atoms with E-state index in [1.54, 1.807) is 9.80 Å². The summed E-state index contributed by atoms with van der Waals surface area (Å²) in [6, 6.07) is 0. The summed E-state index contributed by atoms with van der Waals surface area (Å²) in [5.41, 5.74) is 0.0581. The molecule has 19 heavy (non-hydrogen) atoms. The first-order valence-corrected chi connectivity index (χ1v) is 7.91. The van der Waals surface area contributed by atoms with Gasteiger partial charge < -0.3 is 14.5 Å². The predicted octanol–water partition coefficient (Wildman–Crippen LogP) is 0.869. The van der Waals surface area contributed by atoms with Gasteiger partial charge in [-0.3, -0.25) is 9.59 Å². The van der Waals surface area contributed by atoms with E-state index in [0.717, 1.165) is 31.4 Å². The van der Waals surface area contributed by atoms with Crippen molar-refractivity contribution < 1.29 is 14.3 Å². The van der Waals surface area contributed by atoms with Crippen LogP contribution in [0.25, 0.3) is 0 Å². The molecule has 2 fully saturated rings. The number of alkyl halides is 1. The van der Waals surface area contributed by atoms with E-state index in [1.165, 1.54) is 0 Å². The second-order valence-electron chi connectivity index (χ2n) is 5.40. The minimum atomic E-state index is 0.0545. The smallest absolute Gasteiger partial charge is 0.242 e. The van der Waals surface area contributed by atoms with E-state index in [4.69, 9.17) is 4.74 Å². The zero-order chi connectivity index (χ0) is 13.9. The summed E-state index contributed by atoms with van der Waals surface area (Å²) in [7, 11) is 0. The number of nitrogens with zero attached hydrogens (tertiary/aromatic N) is 2. The van der Waals surface area contributed by atoms with Gasteiger partial charge in [-0.2, -0.15) is 0 Å². The van der Waals surface area contributed by atoms with Crippen molar-refractivity contribution >= 4 is 27.7 Å². The summed E-state index contributed by atoms with van der Waals surface area (Å²) < 4.78 is 5.40. The fourth-order valence-electron chi connectivity index (χ4n) is 2.68. The molecule has 0 atom stereocenters. The molecular formula is C13H21BrN2O3. The van der Waals surface area contributed by atoms with Gasteiger partial charge in [-0.15, -0.1) is 0 Å². The number of likely N-dealkylation sites (N-methyl/N-ethyl adjacent to an activating group) is 1. The molecule has 6 heteroatoms. The van der Waals surface area contributed by atoms with Crippen LogP contribution in [0.3, 0.4) is 0 Å². The monoisotopic (exact) mass is 332 g/mol. The van der Waals surface area contributed by atoms with Crippen LogP contribution in [0.4, 0.5) is 0 Å². The number of rotatable bonds is 4. The number of hydrogen-bond acceptors (Lipinski definition) is 3. The van der Waals surface area contributed by atoms with Gasteiger partial charge in [-0.1, -0.05) is 15.9 Å². The zero-order valence-corrected chi connectivity index (χ0v) is 12.9. The zero-order valence-electron chi connectivity index (χ0n) is 11.4. The van der Waals surface area contributed by atoms with Gasteiger partial charge in [0.05, 0.1) is 13.1 Å². The molecular weight excluding hydrogens is 312 g/mol. The largest absolute Gasteiger partial charge is 0.381 e. The van der Waals surface area contributed by atoms with E-state index in [2.05, 4.69) is 15.9 Å². The topological polar surface area (TPSA) is 49.9 Å². The third kappa shape index (κ3) is 3.28. The number of carbonyl (C=O) groups excluding carboxylic acids is 2. The fraction of sp³-hybridized carbons (Fsp3) is 0.846. The molecule has 0 unspecified atom stereocenters. The van der Waals surface area contributed by atoms with Gasteiger partial charge in [0.15, 0.2) is 0 Å². The molecule has 0 N–H and O–H groups in total. The van der Waals surface area contributed by atoms with Crippen LogP contribution in [0.2, 0.25) is 0 Å². The van der Waals surface area contributed by atoms with Crippen molar-refractivity contribution in [1.82, 2.24) is 9.80 Å². The van der Waals surface area contributed by atoms with Crippen LogP contribution in [0.5, 0.6) is 0 Å². The fourth-order valence-corrected chi connectivity index (χ4v) is 3.42. The lowest BCUT2D eigenvalue weighted by atomic mass is 9.81. The molecule has 0 saturated carbocycles. The van der Waals surface area contributed by atoms with Crippen molar-refractivity contribution in [2.24, 2.45) is 5.41 Å². The van der Waals surface area contributed by atoms with Crippen molar-refractivity contribution in [1.29, 1.82) is 0 Å². The highest BCUT2D eigenvalue weighted by atomic mass is 79.9. The Morgan fingerprint density at radius 1 is 1.16 bits per heavy atom. The van der Waals surface area contributed by atoms with Crippen LogP contribution in [0.15, 0.2) is 0 Å².